The van der Waals surface area contributed by atoms with Crippen molar-refractivity contribution < 1.29 is 4.74 Å². The summed E-state index contributed by atoms with van der Waals surface area (Å²) in [6.07, 6.45) is 5.45. The Morgan fingerprint density at radius 3 is 2.59 bits per heavy atom. The van der Waals surface area contributed by atoms with E-state index in [1.165, 1.54) is 0 Å². The van der Waals surface area contributed by atoms with E-state index in [-0.39, 0.29) is 0 Å². The maximum absolute atomic E-state index is 6.00. The summed E-state index contributed by atoms with van der Waals surface area (Å²) in [5.41, 5.74) is 9.06. The Balaban J connectivity index is 1.24. The van der Waals surface area contributed by atoms with Gasteiger partial charge in [-0.2, -0.15) is 16.4 Å². The number of aromatic nitrogens is 5. The fraction of sp³-hybridized carbons (Fsp3) is 0.0333. The third-order valence-electron chi connectivity index (χ3n) is 6.46. The van der Waals surface area contributed by atoms with Gasteiger partial charge in [0.1, 0.15) is 18.1 Å². The minimum atomic E-state index is 0.500. The lowest BCUT2D eigenvalue weighted by Crippen LogP contribution is -1.95. The van der Waals surface area contributed by atoms with Gasteiger partial charge >= 0.3 is 0 Å². The molecule has 5 aromatic heterocycles. The van der Waals surface area contributed by atoms with E-state index in [9.17, 15) is 0 Å². The van der Waals surface area contributed by atoms with Crippen LogP contribution in [0.1, 0.15) is 5.56 Å². The molecule has 0 aliphatic rings. The van der Waals surface area contributed by atoms with E-state index in [2.05, 4.69) is 78.4 Å². The van der Waals surface area contributed by atoms with Gasteiger partial charge in [-0.15, -0.1) is 0 Å². The van der Waals surface area contributed by atoms with Gasteiger partial charge in [0.25, 0.3) is 0 Å². The van der Waals surface area contributed by atoms with Crippen LogP contribution in [0.15, 0.2) is 102 Å². The molecule has 0 saturated carbocycles. The van der Waals surface area contributed by atoms with E-state index in [0.29, 0.717) is 6.61 Å². The lowest BCUT2D eigenvalue weighted by atomic mass is 10.0. The van der Waals surface area contributed by atoms with Crippen molar-refractivity contribution in [2.24, 2.45) is 0 Å². The van der Waals surface area contributed by atoms with Crippen LogP contribution >= 0.6 is 11.3 Å². The average molecular weight is 500 g/mol. The van der Waals surface area contributed by atoms with Crippen LogP contribution in [0, 0.1) is 0 Å². The summed E-state index contributed by atoms with van der Waals surface area (Å²) in [4.78, 5) is 12.6. The number of thiophene rings is 1. The summed E-state index contributed by atoms with van der Waals surface area (Å²) in [5, 5.41) is 14.1. The molecule has 2 aromatic carbocycles. The van der Waals surface area contributed by atoms with Gasteiger partial charge in [-0.25, -0.2) is 0 Å². The Labute approximate surface area is 216 Å². The number of hydrogen-bond acceptors (Lipinski definition) is 5. The van der Waals surface area contributed by atoms with Crippen molar-refractivity contribution in [3.63, 3.8) is 0 Å². The summed E-state index contributed by atoms with van der Waals surface area (Å²) in [6.45, 7) is 0.500. The van der Waals surface area contributed by atoms with Crippen LogP contribution in [-0.2, 0) is 6.61 Å². The van der Waals surface area contributed by atoms with Crippen LogP contribution in [0.5, 0.6) is 5.75 Å². The van der Waals surface area contributed by atoms with Gasteiger partial charge in [0.15, 0.2) is 0 Å². The first kappa shape index (κ1) is 21.5. The molecule has 5 heterocycles. The van der Waals surface area contributed by atoms with E-state index < -0.39 is 0 Å². The topological polar surface area (TPSA) is 79.5 Å². The molecule has 7 rings (SSSR count). The molecule has 0 saturated heterocycles. The minimum absolute atomic E-state index is 0.500. The highest BCUT2D eigenvalue weighted by molar-refractivity contribution is 7.08. The van der Waals surface area contributed by atoms with Crippen LogP contribution in [0.4, 0.5) is 0 Å². The Hall–Kier alpha value is -4.75. The molecule has 37 heavy (non-hydrogen) atoms. The van der Waals surface area contributed by atoms with Gasteiger partial charge in [-0.3, -0.25) is 15.1 Å². The summed E-state index contributed by atoms with van der Waals surface area (Å²) in [7, 11) is 0. The van der Waals surface area contributed by atoms with Gasteiger partial charge in [0.2, 0.25) is 0 Å². The number of ether oxygens (including phenoxy) is 1. The van der Waals surface area contributed by atoms with Crippen LogP contribution in [0.3, 0.4) is 0 Å². The molecule has 0 aliphatic carbocycles. The highest BCUT2D eigenvalue weighted by Crippen LogP contribution is 2.35. The molecule has 2 N–H and O–H groups in total. The molecule has 0 atom stereocenters. The van der Waals surface area contributed by atoms with E-state index in [0.717, 1.165) is 66.9 Å². The highest BCUT2D eigenvalue weighted by atomic mass is 32.1. The van der Waals surface area contributed by atoms with Crippen LogP contribution < -0.4 is 4.74 Å². The maximum Gasteiger partial charge on any atom is 0.138 e. The van der Waals surface area contributed by atoms with Gasteiger partial charge in [0, 0.05) is 45.2 Å². The molecule has 178 valence electrons. The molecular weight excluding hydrogens is 478 g/mol. The maximum atomic E-state index is 6.00. The van der Waals surface area contributed by atoms with Crippen molar-refractivity contribution in [2.75, 3.05) is 0 Å². The number of rotatable bonds is 6. The minimum Gasteiger partial charge on any atom is -0.487 e. The molecule has 7 aromatic rings. The fourth-order valence-corrected chi connectivity index (χ4v) is 5.25. The molecule has 7 heteroatoms. The second-order valence-electron chi connectivity index (χ2n) is 8.83. The summed E-state index contributed by atoms with van der Waals surface area (Å²) in [5.74, 6) is 0.734. The number of H-pyrrole nitrogens is 2. The van der Waals surface area contributed by atoms with E-state index in [1.54, 1.807) is 17.5 Å². The van der Waals surface area contributed by atoms with Gasteiger partial charge in [-0.05, 0) is 52.9 Å². The zero-order valence-corrected chi connectivity index (χ0v) is 20.5. The Bertz CT molecular complexity index is 1840. The summed E-state index contributed by atoms with van der Waals surface area (Å²) >= 11 is 1.67. The Morgan fingerprint density at radius 1 is 0.784 bits per heavy atom. The van der Waals surface area contributed by atoms with E-state index >= 15 is 0 Å². The number of fused-ring (bicyclic) bond motifs is 2. The summed E-state index contributed by atoms with van der Waals surface area (Å²) < 4.78 is 6.00. The average Bonchev–Trinajstić information content (AvgIpc) is 3.71. The second kappa shape index (κ2) is 9.04. The Kier molecular flexibility index (Phi) is 5.26. The van der Waals surface area contributed by atoms with E-state index in [4.69, 9.17) is 4.74 Å². The Morgan fingerprint density at radius 2 is 1.70 bits per heavy atom. The number of hydrogen-bond donors (Lipinski definition) is 2. The van der Waals surface area contributed by atoms with Gasteiger partial charge in [0.05, 0.1) is 23.1 Å². The van der Waals surface area contributed by atoms with Crippen molar-refractivity contribution >= 4 is 33.1 Å². The number of nitrogens with zero attached hydrogens (tertiary/aromatic N) is 3. The first-order valence-electron chi connectivity index (χ1n) is 11.9. The SMILES string of the molecule is c1ccc(COc2cncc(-c3ccc4[nH]nc(-c5cc6c(-c7ccsc7)nccc6[nH]5)c4c3)c2)cc1. The predicted molar refractivity (Wildman–Crippen MR) is 148 cm³/mol. The molecule has 0 spiro atoms. The molecule has 0 radical (unpaired) electrons. The van der Waals surface area contributed by atoms with Crippen LogP contribution in [0.2, 0.25) is 0 Å². The monoisotopic (exact) mass is 499 g/mol. The van der Waals surface area contributed by atoms with Crippen molar-refractivity contribution in [3.8, 4) is 39.5 Å². The van der Waals surface area contributed by atoms with Crippen molar-refractivity contribution in [1.29, 1.82) is 0 Å². The van der Waals surface area contributed by atoms with Gasteiger partial charge < -0.3 is 9.72 Å². The molecule has 6 nitrogen and oxygen atoms in total. The van der Waals surface area contributed by atoms with Crippen LogP contribution in [0.25, 0.3) is 55.6 Å². The first-order chi connectivity index (χ1) is 18.3. The summed E-state index contributed by atoms with van der Waals surface area (Å²) in [6, 6.07) is 24.7. The first-order valence-corrected chi connectivity index (χ1v) is 12.9. The second-order valence-corrected chi connectivity index (χ2v) is 9.61. The smallest absolute Gasteiger partial charge is 0.138 e. The largest absolute Gasteiger partial charge is 0.487 e. The zero-order valence-electron chi connectivity index (χ0n) is 19.7. The standard InChI is InChI=1S/C30H21N5OS/c1-2-4-19(5-3-1)17-36-23-12-22(15-31-16-23)20-6-7-27-24(13-20)30(35-34-27)28-14-25-26(33-28)8-10-32-29(25)21-9-11-37-18-21/h1-16,18,33H,17H2,(H,34,35). The molecular formula is C30H21N5OS. The lowest BCUT2D eigenvalue weighted by Gasteiger charge is -2.08. The fourth-order valence-electron chi connectivity index (χ4n) is 4.61. The van der Waals surface area contributed by atoms with Crippen molar-refractivity contribution in [2.45, 2.75) is 6.61 Å². The molecule has 0 amide bonds. The third-order valence-corrected chi connectivity index (χ3v) is 7.14. The molecule has 0 fully saturated rings. The van der Waals surface area contributed by atoms with Crippen molar-refractivity contribution in [3.05, 3.63) is 108 Å². The molecule has 0 aliphatic heterocycles. The van der Waals surface area contributed by atoms with Gasteiger partial charge in [-0.1, -0.05) is 36.4 Å². The van der Waals surface area contributed by atoms with Crippen LogP contribution in [-0.4, -0.2) is 25.1 Å². The van der Waals surface area contributed by atoms with E-state index in [1.807, 2.05) is 42.7 Å². The molecule has 0 bridgehead atoms. The van der Waals surface area contributed by atoms with Crippen molar-refractivity contribution in [1.82, 2.24) is 25.1 Å². The lowest BCUT2D eigenvalue weighted by molar-refractivity contribution is 0.305. The number of benzene rings is 2. The quantitative estimate of drug-likeness (QED) is 0.249. The normalized spacial score (nSPS) is 11.4. The zero-order chi connectivity index (χ0) is 24.6. The predicted octanol–water partition coefficient (Wildman–Crippen LogP) is 7.48. The highest BCUT2D eigenvalue weighted by Gasteiger charge is 2.15. The molecule has 0 unspecified atom stereocenters. The number of aromatic amines is 2. The number of nitrogens with one attached hydrogen (secondary N) is 2. The third kappa shape index (κ3) is 4.05. The number of pyridine rings is 2.